The van der Waals surface area contributed by atoms with E-state index in [2.05, 4.69) is 5.32 Å². The van der Waals surface area contributed by atoms with Crippen LogP contribution in [-0.4, -0.2) is 24.9 Å². The topological polar surface area (TPSA) is 32.3 Å². The molecule has 2 nitrogen and oxygen atoms in total. The number of nitrogens with one attached hydrogen (secondary N) is 1. The largest absolute Gasteiger partial charge is 0.508 e. The Bertz CT molecular complexity index is 324. The maximum Gasteiger partial charge on any atom is 0.115 e. The van der Waals surface area contributed by atoms with Crippen molar-refractivity contribution in [2.24, 2.45) is 0 Å². The molecule has 1 aliphatic rings. The van der Waals surface area contributed by atoms with Gasteiger partial charge in [-0.05, 0) is 37.6 Å². The maximum absolute atomic E-state index is 13.0. The molecule has 0 spiro atoms. The number of halogens is 1. The molecule has 1 aliphatic carbocycles. The highest BCUT2D eigenvalue weighted by Gasteiger charge is 2.45. The Morgan fingerprint density at radius 1 is 1.40 bits per heavy atom. The molecule has 1 aromatic rings. The van der Waals surface area contributed by atoms with Crippen LogP contribution in [0.2, 0.25) is 0 Å². The summed E-state index contributed by atoms with van der Waals surface area (Å²) in [7, 11) is 1.88. The van der Waals surface area contributed by atoms with Gasteiger partial charge in [0.05, 0.1) is 0 Å². The summed E-state index contributed by atoms with van der Waals surface area (Å²) in [6.07, 6.45) is 0.490. The van der Waals surface area contributed by atoms with Crippen molar-refractivity contribution in [3.8, 4) is 5.75 Å². The number of aromatic hydroxyl groups is 1. The van der Waals surface area contributed by atoms with E-state index >= 15 is 0 Å². The number of alkyl halides is 1. The molecule has 1 fully saturated rings. The standard InChI is InChI=1S/C12H16FNO/c1-14-8-12(6-10(13)7-12)9-2-4-11(15)5-3-9/h2-5,10,14-15H,6-8H2,1H3. The fraction of sp³-hybridized carbons (Fsp3) is 0.500. The monoisotopic (exact) mass is 209 g/mol. The molecule has 0 saturated heterocycles. The molecule has 2 rings (SSSR count). The Morgan fingerprint density at radius 2 is 2.00 bits per heavy atom. The van der Waals surface area contributed by atoms with Gasteiger partial charge >= 0.3 is 0 Å². The SMILES string of the molecule is CNCC1(c2ccc(O)cc2)CC(F)C1. The summed E-state index contributed by atoms with van der Waals surface area (Å²) in [6.45, 7) is 0.790. The lowest BCUT2D eigenvalue weighted by Gasteiger charge is -2.44. The van der Waals surface area contributed by atoms with Crippen molar-refractivity contribution < 1.29 is 9.50 Å². The first kappa shape index (κ1) is 10.4. The molecule has 3 heteroatoms. The maximum atomic E-state index is 13.0. The second kappa shape index (κ2) is 3.81. The molecule has 2 N–H and O–H groups in total. The molecular formula is C12H16FNO. The molecule has 15 heavy (non-hydrogen) atoms. The molecule has 0 radical (unpaired) electrons. The zero-order chi connectivity index (χ0) is 10.9. The number of phenols is 1. The Kier molecular flexibility index (Phi) is 2.65. The molecule has 82 valence electrons. The minimum absolute atomic E-state index is 0.0676. The minimum atomic E-state index is -0.674. The lowest BCUT2D eigenvalue weighted by atomic mass is 9.63. The van der Waals surface area contributed by atoms with Crippen molar-refractivity contribution in [1.82, 2.24) is 5.32 Å². The Hall–Kier alpha value is -1.09. The van der Waals surface area contributed by atoms with Crippen LogP contribution in [-0.2, 0) is 5.41 Å². The lowest BCUT2D eigenvalue weighted by molar-refractivity contribution is 0.0940. The van der Waals surface area contributed by atoms with Crippen molar-refractivity contribution in [2.45, 2.75) is 24.4 Å². The Labute approximate surface area is 89.1 Å². The fourth-order valence-electron chi connectivity index (χ4n) is 2.42. The predicted molar refractivity (Wildman–Crippen MR) is 57.8 cm³/mol. The molecular weight excluding hydrogens is 193 g/mol. The van der Waals surface area contributed by atoms with Crippen LogP contribution < -0.4 is 5.32 Å². The highest BCUT2D eigenvalue weighted by Crippen LogP contribution is 2.45. The zero-order valence-electron chi connectivity index (χ0n) is 8.83. The minimum Gasteiger partial charge on any atom is -0.508 e. The summed E-state index contributed by atoms with van der Waals surface area (Å²) < 4.78 is 13.0. The van der Waals surface area contributed by atoms with Gasteiger partial charge in [0, 0.05) is 12.0 Å². The van der Waals surface area contributed by atoms with Crippen molar-refractivity contribution in [3.63, 3.8) is 0 Å². The summed E-state index contributed by atoms with van der Waals surface area (Å²) >= 11 is 0. The second-order valence-electron chi connectivity index (χ2n) is 4.36. The third kappa shape index (κ3) is 1.84. The third-order valence-electron chi connectivity index (χ3n) is 3.22. The molecule has 1 aromatic carbocycles. The lowest BCUT2D eigenvalue weighted by Crippen LogP contribution is -2.49. The summed E-state index contributed by atoms with van der Waals surface area (Å²) in [4.78, 5) is 0. The number of benzene rings is 1. The molecule has 0 aromatic heterocycles. The Morgan fingerprint density at radius 3 is 2.47 bits per heavy atom. The first-order valence-electron chi connectivity index (χ1n) is 5.24. The molecule has 0 atom stereocenters. The van der Waals surface area contributed by atoms with E-state index in [0.717, 1.165) is 12.1 Å². The molecule has 1 saturated carbocycles. The molecule has 0 aliphatic heterocycles. The van der Waals surface area contributed by atoms with E-state index in [1.54, 1.807) is 12.1 Å². The van der Waals surface area contributed by atoms with Crippen LogP contribution in [0.25, 0.3) is 0 Å². The van der Waals surface area contributed by atoms with E-state index < -0.39 is 6.17 Å². The van der Waals surface area contributed by atoms with E-state index in [1.807, 2.05) is 19.2 Å². The molecule has 0 unspecified atom stereocenters. The summed E-state index contributed by atoms with van der Waals surface area (Å²) in [6, 6.07) is 7.10. The van der Waals surface area contributed by atoms with Crippen LogP contribution in [0.1, 0.15) is 18.4 Å². The number of likely N-dealkylation sites (N-methyl/N-ethyl adjacent to an activating group) is 1. The average molecular weight is 209 g/mol. The quantitative estimate of drug-likeness (QED) is 0.797. The first-order valence-corrected chi connectivity index (χ1v) is 5.24. The smallest absolute Gasteiger partial charge is 0.115 e. The van der Waals surface area contributed by atoms with Gasteiger partial charge in [0.2, 0.25) is 0 Å². The van der Waals surface area contributed by atoms with Gasteiger partial charge < -0.3 is 10.4 Å². The average Bonchev–Trinajstić information content (AvgIpc) is 2.16. The molecule has 0 amide bonds. The van der Waals surface area contributed by atoms with Crippen LogP contribution in [0.15, 0.2) is 24.3 Å². The van der Waals surface area contributed by atoms with E-state index in [4.69, 9.17) is 0 Å². The van der Waals surface area contributed by atoms with Gasteiger partial charge in [-0.1, -0.05) is 12.1 Å². The van der Waals surface area contributed by atoms with Crippen LogP contribution >= 0.6 is 0 Å². The van der Waals surface area contributed by atoms with Crippen LogP contribution in [0.3, 0.4) is 0 Å². The number of rotatable bonds is 3. The molecule has 0 heterocycles. The van der Waals surface area contributed by atoms with Crippen molar-refractivity contribution in [2.75, 3.05) is 13.6 Å². The van der Waals surface area contributed by atoms with Crippen molar-refractivity contribution in [1.29, 1.82) is 0 Å². The summed E-state index contributed by atoms with van der Waals surface area (Å²) in [5.74, 6) is 0.259. The highest BCUT2D eigenvalue weighted by atomic mass is 19.1. The van der Waals surface area contributed by atoms with E-state index in [0.29, 0.717) is 12.8 Å². The van der Waals surface area contributed by atoms with Gasteiger partial charge in [-0.25, -0.2) is 4.39 Å². The number of phenolic OH excluding ortho intramolecular Hbond substituents is 1. The first-order chi connectivity index (χ1) is 7.16. The number of hydrogen-bond acceptors (Lipinski definition) is 2. The Balaban J connectivity index is 2.22. The predicted octanol–water partition coefficient (Wildman–Crippen LogP) is 1.98. The summed E-state index contributed by atoms with van der Waals surface area (Å²) in [5, 5.41) is 12.3. The second-order valence-corrected chi connectivity index (χ2v) is 4.36. The van der Waals surface area contributed by atoms with Crippen LogP contribution in [0, 0.1) is 0 Å². The van der Waals surface area contributed by atoms with E-state index in [9.17, 15) is 9.50 Å². The van der Waals surface area contributed by atoms with Gasteiger partial charge in [0.25, 0.3) is 0 Å². The van der Waals surface area contributed by atoms with Gasteiger partial charge in [-0.3, -0.25) is 0 Å². The van der Waals surface area contributed by atoms with Crippen molar-refractivity contribution >= 4 is 0 Å². The van der Waals surface area contributed by atoms with Gasteiger partial charge in [0.1, 0.15) is 11.9 Å². The summed E-state index contributed by atoms with van der Waals surface area (Å²) in [5.41, 5.74) is 1.05. The van der Waals surface area contributed by atoms with Gasteiger partial charge in [0.15, 0.2) is 0 Å². The fourth-order valence-corrected chi connectivity index (χ4v) is 2.42. The van der Waals surface area contributed by atoms with Gasteiger partial charge in [-0.2, -0.15) is 0 Å². The molecule has 0 bridgehead atoms. The zero-order valence-corrected chi connectivity index (χ0v) is 8.83. The van der Waals surface area contributed by atoms with E-state index in [-0.39, 0.29) is 11.2 Å². The van der Waals surface area contributed by atoms with Gasteiger partial charge in [-0.15, -0.1) is 0 Å². The normalized spacial score (nSPS) is 29.9. The van der Waals surface area contributed by atoms with Crippen LogP contribution in [0.4, 0.5) is 4.39 Å². The number of hydrogen-bond donors (Lipinski definition) is 2. The third-order valence-corrected chi connectivity index (χ3v) is 3.22. The highest BCUT2D eigenvalue weighted by molar-refractivity contribution is 5.34. The van der Waals surface area contributed by atoms with Crippen LogP contribution in [0.5, 0.6) is 5.75 Å². The van der Waals surface area contributed by atoms with Crippen molar-refractivity contribution in [3.05, 3.63) is 29.8 Å². The van der Waals surface area contributed by atoms with E-state index in [1.165, 1.54) is 0 Å².